The number of aromatic nitrogens is 2. The van der Waals surface area contributed by atoms with E-state index < -0.39 is 11.9 Å². The van der Waals surface area contributed by atoms with Gasteiger partial charge >= 0.3 is 0 Å². The molecule has 5 nitrogen and oxygen atoms in total. The minimum absolute atomic E-state index is 0.101. The number of rotatable bonds is 5. The topological polar surface area (TPSA) is 68.4 Å². The fourth-order valence-corrected chi connectivity index (χ4v) is 1.64. The second-order valence-electron chi connectivity index (χ2n) is 4.85. The Bertz CT molecular complexity index is 582. The van der Waals surface area contributed by atoms with Gasteiger partial charge in [0.15, 0.2) is 6.61 Å². The third-order valence-corrected chi connectivity index (χ3v) is 2.77. The molecule has 0 aliphatic heterocycles. The minimum Gasteiger partial charge on any atom is -0.485 e. The Balaban J connectivity index is 2.01. The molecule has 0 aliphatic carbocycles. The number of ether oxygens (including phenoxy) is 1. The largest absolute Gasteiger partial charge is 0.485 e. The zero-order valence-corrected chi connectivity index (χ0v) is 11.6. The molecule has 0 saturated heterocycles. The second kappa shape index (κ2) is 6.00. The quantitative estimate of drug-likeness (QED) is 0.912. The Hall–Kier alpha value is -1.95. The molecule has 0 bridgehead atoms. The average Bonchev–Trinajstić information content (AvgIpc) is 2.85. The molecule has 0 saturated carbocycles. The van der Waals surface area contributed by atoms with E-state index in [1.54, 1.807) is 6.07 Å². The maximum absolute atomic E-state index is 13.6. The monoisotopic (exact) mass is 280 g/mol. The van der Waals surface area contributed by atoms with Gasteiger partial charge in [0, 0.05) is 17.5 Å². The van der Waals surface area contributed by atoms with Crippen LogP contribution in [-0.2, 0) is 6.61 Å². The maximum atomic E-state index is 13.6. The molecule has 2 aromatic rings. The third kappa shape index (κ3) is 3.33. The van der Waals surface area contributed by atoms with Gasteiger partial charge in [0.1, 0.15) is 11.6 Å². The van der Waals surface area contributed by atoms with Crippen molar-refractivity contribution in [3.05, 3.63) is 41.3 Å². The Morgan fingerprint density at radius 2 is 2.10 bits per heavy atom. The van der Waals surface area contributed by atoms with E-state index >= 15 is 0 Å². The van der Waals surface area contributed by atoms with Crippen LogP contribution in [0.15, 0.2) is 22.7 Å². The van der Waals surface area contributed by atoms with Crippen LogP contribution in [0, 0.1) is 5.82 Å². The molecule has 1 aromatic carbocycles. The van der Waals surface area contributed by atoms with E-state index in [4.69, 9.17) is 9.26 Å². The van der Waals surface area contributed by atoms with E-state index in [-0.39, 0.29) is 18.1 Å². The van der Waals surface area contributed by atoms with Gasteiger partial charge in [-0.05, 0) is 19.1 Å². The summed E-state index contributed by atoms with van der Waals surface area (Å²) in [6.07, 6.45) is -0.852. The first-order valence-corrected chi connectivity index (χ1v) is 6.40. The lowest BCUT2D eigenvalue weighted by Gasteiger charge is -2.08. The molecule has 0 radical (unpaired) electrons. The van der Waals surface area contributed by atoms with Gasteiger partial charge in [-0.1, -0.05) is 19.0 Å². The lowest BCUT2D eigenvalue weighted by molar-refractivity contribution is 0.193. The molecule has 1 atom stereocenters. The van der Waals surface area contributed by atoms with Crippen molar-refractivity contribution >= 4 is 0 Å². The van der Waals surface area contributed by atoms with E-state index in [0.29, 0.717) is 17.5 Å². The van der Waals surface area contributed by atoms with E-state index in [2.05, 4.69) is 10.1 Å². The third-order valence-electron chi connectivity index (χ3n) is 2.77. The van der Waals surface area contributed by atoms with Crippen LogP contribution in [0.1, 0.15) is 50.1 Å². The highest BCUT2D eigenvalue weighted by Gasteiger charge is 2.12. The molecule has 1 unspecified atom stereocenters. The molecule has 6 heteroatoms. The van der Waals surface area contributed by atoms with Crippen molar-refractivity contribution in [2.24, 2.45) is 0 Å². The minimum atomic E-state index is -0.852. The highest BCUT2D eigenvalue weighted by atomic mass is 19.1. The average molecular weight is 280 g/mol. The summed E-state index contributed by atoms with van der Waals surface area (Å²) in [6, 6.07) is 4.31. The number of aliphatic hydroxyl groups excluding tert-OH is 1. The first-order valence-electron chi connectivity index (χ1n) is 6.40. The van der Waals surface area contributed by atoms with Crippen LogP contribution in [0.25, 0.3) is 0 Å². The highest BCUT2D eigenvalue weighted by Crippen LogP contribution is 2.22. The van der Waals surface area contributed by atoms with Crippen molar-refractivity contribution in [3.63, 3.8) is 0 Å². The summed E-state index contributed by atoms with van der Waals surface area (Å²) < 4.78 is 24.1. The van der Waals surface area contributed by atoms with Crippen molar-refractivity contribution in [2.75, 3.05) is 0 Å². The van der Waals surface area contributed by atoms with Crippen LogP contribution in [0.4, 0.5) is 4.39 Å². The number of hydrogen-bond donors (Lipinski definition) is 1. The number of hydrogen-bond acceptors (Lipinski definition) is 5. The van der Waals surface area contributed by atoms with Gasteiger partial charge in [-0.2, -0.15) is 4.98 Å². The fraction of sp³-hybridized carbons (Fsp3) is 0.429. The lowest BCUT2D eigenvalue weighted by Crippen LogP contribution is -2.00. The molecule has 2 rings (SSSR count). The predicted octanol–water partition coefficient (Wildman–Crippen LogP) is 2.96. The van der Waals surface area contributed by atoms with Gasteiger partial charge in [0.05, 0.1) is 6.10 Å². The second-order valence-corrected chi connectivity index (χ2v) is 4.85. The summed E-state index contributed by atoms with van der Waals surface area (Å²) in [4.78, 5) is 4.16. The summed E-state index contributed by atoms with van der Waals surface area (Å²) >= 11 is 0. The molecule has 1 aromatic heterocycles. The normalized spacial score (nSPS) is 12.7. The molecule has 1 N–H and O–H groups in total. The van der Waals surface area contributed by atoms with Crippen LogP contribution in [0.2, 0.25) is 0 Å². The smallest absolute Gasteiger partial charge is 0.229 e. The standard InChI is InChI=1S/C14H17FN2O3/c1-8(2)14-16-13(17-20-14)7-19-10-4-5-11(9(3)18)12(15)6-10/h4-6,8-9,18H,7H2,1-3H3. The predicted molar refractivity (Wildman–Crippen MR) is 69.8 cm³/mol. The van der Waals surface area contributed by atoms with Crippen molar-refractivity contribution < 1.29 is 18.8 Å². The Morgan fingerprint density at radius 3 is 2.65 bits per heavy atom. The van der Waals surface area contributed by atoms with Crippen LogP contribution in [0.5, 0.6) is 5.75 Å². The van der Waals surface area contributed by atoms with Gasteiger partial charge in [-0.15, -0.1) is 0 Å². The maximum Gasteiger partial charge on any atom is 0.229 e. The van der Waals surface area contributed by atoms with E-state index in [0.717, 1.165) is 0 Å². The fourth-order valence-electron chi connectivity index (χ4n) is 1.64. The van der Waals surface area contributed by atoms with Crippen LogP contribution < -0.4 is 4.74 Å². The Morgan fingerprint density at radius 1 is 1.35 bits per heavy atom. The summed E-state index contributed by atoms with van der Waals surface area (Å²) in [5, 5.41) is 13.1. The van der Waals surface area contributed by atoms with Gasteiger partial charge in [0.2, 0.25) is 11.7 Å². The highest BCUT2D eigenvalue weighted by molar-refractivity contribution is 5.30. The van der Waals surface area contributed by atoms with E-state index in [1.807, 2.05) is 13.8 Å². The summed E-state index contributed by atoms with van der Waals surface area (Å²) in [5.41, 5.74) is 0.235. The molecular weight excluding hydrogens is 263 g/mol. The van der Waals surface area contributed by atoms with Crippen LogP contribution in [0.3, 0.4) is 0 Å². The van der Waals surface area contributed by atoms with Gasteiger partial charge in [0.25, 0.3) is 0 Å². The summed E-state index contributed by atoms with van der Waals surface area (Å²) in [7, 11) is 0. The Labute approximate surface area is 116 Å². The molecule has 0 spiro atoms. The zero-order valence-electron chi connectivity index (χ0n) is 11.6. The zero-order chi connectivity index (χ0) is 14.7. The van der Waals surface area contributed by atoms with Crippen molar-refractivity contribution in [3.8, 4) is 5.75 Å². The van der Waals surface area contributed by atoms with Crippen LogP contribution in [-0.4, -0.2) is 15.2 Å². The summed E-state index contributed by atoms with van der Waals surface area (Å²) in [5.74, 6) is 0.947. The van der Waals surface area contributed by atoms with Gasteiger partial charge in [-0.3, -0.25) is 0 Å². The van der Waals surface area contributed by atoms with Gasteiger partial charge < -0.3 is 14.4 Å². The number of nitrogens with zero attached hydrogens (tertiary/aromatic N) is 2. The first kappa shape index (κ1) is 14.5. The van der Waals surface area contributed by atoms with Crippen molar-refractivity contribution in [1.82, 2.24) is 10.1 Å². The molecule has 1 heterocycles. The molecule has 108 valence electrons. The SMILES string of the molecule is CC(C)c1nc(COc2ccc(C(C)O)c(F)c2)no1. The van der Waals surface area contributed by atoms with E-state index in [9.17, 15) is 9.50 Å². The first-order chi connectivity index (χ1) is 9.47. The lowest BCUT2D eigenvalue weighted by atomic mass is 10.1. The molecule has 0 amide bonds. The van der Waals surface area contributed by atoms with Crippen molar-refractivity contribution in [1.29, 1.82) is 0 Å². The molecule has 20 heavy (non-hydrogen) atoms. The number of halogens is 1. The number of aliphatic hydroxyl groups is 1. The Kier molecular flexibility index (Phi) is 4.34. The molecule has 0 fully saturated rings. The number of benzene rings is 1. The van der Waals surface area contributed by atoms with E-state index in [1.165, 1.54) is 19.1 Å². The molecule has 0 aliphatic rings. The summed E-state index contributed by atoms with van der Waals surface area (Å²) in [6.45, 7) is 5.50. The van der Waals surface area contributed by atoms with Crippen molar-refractivity contribution in [2.45, 2.75) is 39.4 Å². The van der Waals surface area contributed by atoms with Gasteiger partial charge in [-0.25, -0.2) is 4.39 Å². The molecular formula is C14H17FN2O3. The van der Waals surface area contributed by atoms with Crippen LogP contribution >= 0.6 is 0 Å².